The van der Waals surface area contributed by atoms with Crippen LogP contribution in [-0.4, -0.2) is 69.4 Å². The van der Waals surface area contributed by atoms with Crippen LogP contribution in [0.15, 0.2) is 47.6 Å². The Hall–Kier alpha value is -3.40. The van der Waals surface area contributed by atoms with Crippen molar-refractivity contribution in [3.05, 3.63) is 54.6 Å². The van der Waals surface area contributed by atoms with Crippen molar-refractivity contribution in [1.82, 2.24) is 35.3 Å². The number of carbonyl (C=O) groups is 1. The molecule has 4 rings (SSSR count). The first kappa shape index (κ1) is 18.9. The molecule has 0 radical (unpaired) electrons. The molecule has 150 valence electrons. The van der Waals surface area contributed by atoms with E-state index in [-0.39, 0.29) is 17.9 Å². The van der Waals surface area contributed by atoms with Gasteiger partial charge in [0.2, 0.25) is 11.7 Å². The molecule has 0 bridgehead atoms. The maximum absolute atomic E-state index is 12.6. The highest BCUT2D eigenvalue weighted by molar-refractivity contribution is 5.74. The molecule has 3 aromatic heterocycles. The third-order valence-electron chi connectivity index (χ3n) is 4.85. The number of carbonyl (C=O) groups excluding carboxylic acids is 1. The van der Waals surface area contributed by atoms with Gasteiger partial charge in [-0.25, -0.2) is 9.78 Å². The summed E-state index contributed by atoms with van der Waals surface area (Å²) in [6, 6.07) is 3.73. The second-order valence-corrected chi connectivity index (χ2v) is 6.68. The van der Waals surface area contributed by atoms with Gasteiger partial charge < -0.3 is 19.5 Å². The first-order chi connectivity index (χ1) is 14.3. The minimum absolute atomic E-state index is 0.00738. The maximum Gasteiger partial charge on any atom is 0.317 e. The number of nitrogens with zero attached hydrogens (tertiary/aromatic N) is 6. The number of amides is 2. The molecular formula is C19H21N7O3. The Kier molecular flexibility index (Phi) is 5.71. The highest BCUT2D eigenvalue weighted by Gasteiger charge is 2.40. The molecule has 1 aliphatic heterocycles. The van der Waals surface area contributed by atoms with Crippen molar-refractivity contribution in [2.24, 2.45) is 0 Å². The van der Waals surface area contributed by atoms with Gasteiger partial charge in [0.1, 0.15) is 5.69 Å². The van der Waals surface area contributed by atoms with Crippen LogP contribution in [0.25, 0.3) is 11.5 Å². The number of pyridine rings is 1. The highest BCUT2D eigenvalue weighted by Crippen LogP contribution is 2.39. The van der Waals surface area contributed by atoms with Gasteiger partial charge in [0.25, 0.3) is 0 Å². The molecule has 2 atom stereocenters. The van der Waals surface area contributed by atoms with E-state index in [1.165, 1.54) is 0 Å². The number of hydrogen-bond donors (Lipinski definition) is 1. The third-order valence-corrected chi connectivity index (χ3v) is 4.85. The van der Waals surface area contributed by atoms with Crippen molar-refractivity contribution in [1.29, 1.82) is 0 Å². The zero-order chi connectivity index (χ0) is 20.1. The summed E-state index contributed by atoms with van der Waals surface area (Å²) >= 11 is 0. The number of likely N-dealkylation sites (tertiary alicyclic amines) is 1. The number of ether oxygens (including phenoxy) is 1. The van der Waals surface area contributed by atoms with E-state index < -0.39 is 0 Å². The maximum atomic E-state index is 12.6. The quantitative estimate of drug-likeness (QED) is 0.623. The molecule has 0 saturated carbocycles. The number of hydrogen-bond acceptors (Lipinski definition) is 8. The molecule has 1 saturated heterocycles. The standard InChI is InChI=1S/C19H21N7O3/c1-28-8-7-23-19(27)26-11-14(13-3-2-4-20-9-13)15(12-26)18-24-17(25-29-18)16-10-21-5-6-22-16/h2-6,9-10,14-15H,7-8,11-12H2,1H3,(H,23,27)/t14-,15+/m0/s1. The Morgan fingerprint density at radius 2 is 2.10 bits per heavy atom. The molecule has 0 aromatic carbocycles. The summed E-state index contributed by atoms with van der Waals surface area (Å²) in [6.07, 6.45) is 8.27. The van der Waals surface area contributed by atoms with Crippen molar-refractivity contribution in [3.63, 3.8) is 0 Å². The topological polar surface area (TPSA) is 119 Å². The molecule has 1 fully saturated rings. The lowest BCUT2D eigenvalue weighted by molar-refractivity contribution is 0.184. The lowest BCUT2D eigenvalue weighted by Crippen LogP contribution is -2.40. The minimum atomic E-state index is -0.148. The summed E-state index contributed by atoms with van der Waals surface area (Å²) in [5, 5.41) is 6.91. The van der Waals surface area contributed by atoms with E-state index in [9.17, 15) is 4.79 Å². The van der Waals surface area contributed by atoms with E-state index in [2.05, 4.69) is 30.4 Å². The summed E-state index contributed by atoms with van der Waals surface area (Å²) in [6.45, 7) is 1.89. The van der Waals surface area contributed by atoms with E-state index in [0.717, 1.165) is 5.56 Å². The average molecular weight is 395 g/mol. The fourth-order valence-electron chi connectivity index (χ4n) is 3.43. The Labute approximate surface area is 167 Å². The first-order valence-corrected chi connectivity index (χ1v) is 9.28. The summed E-state index contributed by atoms with van der Waals surface area (Å²) in [7, 11) is 1.60. The summed E-state index contributed by atoms with van der Waals surface area (Å²) in [5.74, 6) is 0.685. The van der Waals surface area contributed by atoms with Crippen LogP contribution < -0.4 is 5.32 Å². The number of methoxy groups -OCH3 is 1. The van der Waals surface area contributed by atoms with Crippen LogP contribution in [0.5, 0.6) is 0 Å². The lowest BCUT2D eigenvalue weighted by atomic mass is 9.90. The molecule has 1 aliphatic rings. The van der Waals surface area contributed by atoms with Crippen LogP contribution in [0.3, 0.4) is 0 Å². The summed E-state index contributed by atoms with van der Waals surface area (Å²) < 4.78 is 10.5. The van der Waals surface area contributed by atoms with E-state index >= 15 is 0 Å². The van der Waals surface area contributed by atoms with Gasteiger partial charge in [-0.2, -0.15) is 4.98 Å². The second-order valence-electron chi connectivity index (χ2n) is 6.68. The molecule has 0 spiro atoms. The molecule has 4 heterocycles. The minimum Gasteiger partial charge on any atom is -0.383 e. The number of rotatable bonds is 6. The average Bonchev–Trinajstić information content (AvgIpc) is 3.43. The molecule has 2 amide bonds. The molecule has 0 unspecified atom stereocenters. The molecular weight excluding hydrogens is 374 g/mol. The Balaban J connectivity index is 1.57. The highest BCUT2D eigenvalue weighted by atomic mass is 16.5. The predicted molar refractivity (Wildman–Crippen MR) is 102 cm³/mol. The largest absolute Gasteiger partial charge is 0.383 e. The molecule has 1 N–H and O–H groups in total. The van der Waals surface area contributed by atoms with Crippen LogP contribution in [0.2, 0.25) is 0 Å². The van der Waals surface area contributed by atoms with Gasteiger partial charge in [0, 0.05) is 57.4 Å². The zero-order valence-electron chi connectivity index (χ0n) is 15.9. The van der Waals surface area contributed by atoms with Gasteiger partial charge in [-0.05, 0) is 11.6 Å². The van der Waals surface area contributed by atoms with Gasteiger partial charge in [0.05, 0.1) is 18.7 Å². The Bertz CT molecular complexity index is 935. The summed E-state index contributed by atoms with van der Waals surface area (Å²) in [5.41, 5.74) is 1.55. The second kappa shape index (κ2) is 8.74. The molecule has 10 nitrogen and oxygen atoms in total. The molecule has 0 aliphatic carbocycles. The fourth-order valence-corrected chi connectivity index (χ4v) is 3.43. The predicted octanol–water partition coefficient (Wildman–Crippen LogP) is 1.46. The van der Waals surface area contributed by atoms with Gasteiger partial charge in [-0.1, -0.05) is 11.2 Å². The number of urea groups is 1. The van der Waals surface area contributed by atoms with Gasteiger partial charge in [0.15, 0.2) is 0 Å². The van der Waals surface area contributed by atoms with E-state index in [1.54, 1.807) is 36.8 Å². The van der Waals surface area contributed by atoms with Gasteiger partial charge in [-0.3, -0.25) is 9.97 Å². The van der Waals surface area contributed by atoms with Crippen molar-refractivity contribution in [2.45, 2.75) is 11.8 Å². The van der Waals surface area contributed by atoms with E-state index in [0.29, 0.717) is 43.7 Å². The van der Waals surface area contributed by atoms with Crippen LogP contribution >= 0.6 is 0 Å². The lowest BCUT2D eigenvalue weighted by Gasteiger charge is -2.17. The van der Waals surface area contributed by atoms with Crippen molar-refractivity contribution < 1.29 is 14.1 Å². The molecule has 10 heteroatoms. The fraction of sp³-hybridized carbons (Fsp3) is 0.368. The van der Waals surface area contributed by atoms with E-state index in [1.807, 2.05) is 18.3 Å². The van der Waals surface area contributed by atoms with Crippen molar-refractivity contribution in [2.75, 3.05) is 33.4 Å². The van der Waals surface area contributed by atoms with E-state index in [4.69, 9.17) is 9.26 Å². The zero-order valence-corrected chi connectivity index (χ0v) is 15.9. The van der Waals surface area contributed by atoms with Crippen LogP contribution in [0.1, 0.15) is 23.3 Å². The van der Waals surface area contributed by atoms with Crippen molar-refractivity contribution in [3.8, 4) is 11.5 Å². The number of aromatic nitrogens is 5. The van der Waals surface area contributed by atoms with Crippen molar-refractivity contribution >= 4 is 6.03 Å². The number of nitrogens with one attached hydrogen (secondary N) is 1. The summed E-state index contributed by atoms with van der Waals surface area (Å²) in [4.78, 5) is 31.3. The van der Waals surface area contributed by atoms with Crippen LogP contribution in [0.4, 0.5) is 4.79 Å². The Morgan fingerprint density at radius 1 is 1.24 bits per heavy atom. The van der Waals surface area contributed by atoms with Gasteiger partial charge >= 0.3 is 6.03 Å². The van der Waals surface area contributed by atoms with Crippen LogP contribution in [0, 0.1) is 0 Å². The van der Waals surface area contributed by atoms with Crippen LogP contribution in [-0.2, 0) is 4.74 Å². The molecule has 29 heavy (non-hydrogen) atoms. The Morgan fingerprint density at radius 3 is 2.86 bits per heavy atom. The smallest absolute Gasteiger partial charge is 0.317 e. The molecule has 3 aromatic rings. The monoisotopic (exact) mass is 395 g/mol. The first-order valence-electron chi connectivity index (χ1n) is 9.28. The normalized spacial score (nSPS) is 18.7. The third kappa shape index (κ3) is 4.21. The SMILES string of the molecule is COCCNC(=O)N1C[C@@H](c2cccnc2)[C@H](c2nc(-c3cnccn3)no2)C1. The van der Waals surface area contributed by atoms with Gasteiger partial charge in [-0.15, -0.1) is 0 Å².